The Bertz CT molecular complexity index is 1210. The van der Waals surface area contributed by atoms with Crippen molar-refractivity contribution in [2.75, 3.05) is 17.2 Å². The van der Waals surface area contributed by atoms with Gasteiger partial charge in [0, 0.05) is 54.9 Å². The molecule has 166 valence electrons. The molecule has 2 aromatic heterocycles. The van der Waals surface area contributed by atoms with Crippen molar-refractivity contribution in [3.05, 3.63) is 90.9 Å². The molecule has 4 rings (SSSR count). The fraction of sp³-hybridized carbons (Fsp3) is 0.154. The summed E-state index contributed by atoms with van der Waals surface area (Å²) in [6, 6.07) is 21.5. The number of amides is 1. The van der Waals surface area contributed by atoms with E-state index in [1.165, 1.54) is 12.5 Å². The monoisotopic (exact) mass is 438 g/mol. The Morgan fingerprint density at radius 2 is 1.79 bits per heavy atom. The predicted octanol–water partition coefficient (Wildman–Crippen LogP) is 4.15. The maximum absolute atomic E-state index is 11.5. The highest BCUT2D eigenvalue weighted by Gasteiger charge is 2.13. The van der Waals surface area contributed by atoms with Crippen molar-refractivity contribution in [1.29, 1.82) is 0 Å². The third-order valence-corrected chi connectivity index (χ3v) is 5.10. The molecule has 4 aromatic rings. The van der Waals surface area contributed by atoms with E-state index < -0.39 is 0 Å². The average Bonchev–Trinajstić information content (AvgIpc) is 2.83. The quantitative estimate of drug-likeness (QED) is 0.382. The van der Waals surface area contributed by atoms with E-state index >= 15 is 0 Å². The Morgan fingerprint density at radius 1 is 1.00 bits per heavy atom. The highest BCUT2D eigenvalue weighted by atomic mass is 16.1. The second-order valence-corrected chi connectivity index (χ2v) is 7.78. The molecule has 0 bridgehead atoms. The van der Waals surface area contributed by atoms with E-state index in [4.69, 9.17) is 10.7 Å². The van der Waals surface area contributed by atoms with Gasteiger partial charge in [0.05, 0.1) is 5.69 Å². The highest BCUT2D eigenvalue weighted by Crippen LogP contribution is 2.31. The van der Waals surface area contributed by atoms with E-state index in [9.17, 15) is 4.79 Å². The van der Waals surface area contributed by atoms with Crippen molar-refractivity contribution >= 4 is 17.5 Å². The van der Waals surface area contributed by atoms with Crippen LogP contribution in [0.2, 0.25) is 0 Å². The molecule has 4 N–H and O–H groups in total. The molecular formula is C26H26N6O. The van der Waals surface area contributed by atoms with Crippen molar-refractivity contribution in [2.45, 2.75) is 19.4 Å². The van der Waals surface area contributed by atoms with Gasteiger partial charge in [0.2, 0.25) is 11.9 Å². The van der Waals surface area contributed by atoms with Crippen molar-refractivity contribution in [3.8, 4) is 22.4 Å². The summed E-state index contributed by atoms with van der Waals surface area (Å²) in [5.74, 6) is 0.385. The molecule has 1 unspecified atom stereocenters. The molecule has 0 fully saturated rings. The molecule has 33 heavy (non-hydrogen) atoms. The zero-order valence-electron chi connectivity index (χ0n) is 18.4. The van der Waals surface area contributed by atoms with Gasteiger partial charge in [-0.1, -0.05) is 42.5 Å². The van der Waals surface area contributed by atoms with Crippen molar-refractivity contribution in [2.24, 2.45) is 5.73 Å². The maximum atomic E-state index is 11.5. The predicted molar refractivity (Wildman–Crippen MR) is 132 cm³/mol. The van der Waals surface area contributed by atoms with Gasteiger partial charge in [-0.05, 0) is 41.8 Å². The van der Waals surface area contributed by atoms with Crippen LogP contribution in [-0.2, 0) is 11.2 Å². The minimum absolute atomic E-state index is 0.0746. The highest BCUT2D eigenvalue weighted by molar-refractivity contribution is 5.90. The van der Waals surface area contributed by atoms with Gasteiger partial charge in [-0.15, -0.1) is 0 Å². The lowest BCUT2D eigenvalue weighted by Gasteiger charge is -2.15. The van der Waals surface area contributed by atoms with Crippen LogP contribution in [0.5, 0.6) is 0 Å². The number of carbonyl (C=O) groups excluding carboxylic acids is 1. The second kappa shape index (κ2) is 10.5. The van der Waals surface area contributed by atoms with E-state index in [2.05, 4.69) is 32.7 Å². The lowest BCUT2D eigenvalue weighted by molar-refractivity contribution is -0.114. The number of nitrogens with zero attached hydrogens (tertiary/aromatic N) is 3. The zero-order valence-corrected chi connectivity index (χ0v) is 18.4. The number of nitrogens with two attached hydrogens (primary N) is 1. The summed E-state index contributed by atoms with van der Waals surface area (Å²) < 4.78 is 0. The fourth-order valence-corrected chi connectivity index (χ4v) is 3.59. The molecular weight excluding hydrogens is 412 g/mol. The molecule has 0 saturated carbocycles. The number of anilines is 2. The number of benzene rings is 2. The Kier molecular flexibility index (Phi) is 7.02. The van der Waals surface area contributed by atoms with Gasteiger partial charge in [0.25, 0.3) is 0 Å². The van der Waals surface area contributed by atoms with E-state index in [1.54, 1.807) is 18.6 Å². The van der Waals surface area contributed by atoms with Gasteiger partial charge in [0.1, 0.15) is 0 Å². The number of carbonyl (C=O) groups is 1. The first kappa shape index (κ1) is 22.1. The van der Waals surface area contributed by atoms with Gasteiger partial charge >= 0.3 is 0 Å². The van der Waals surface area contributed by atoms with E-state index in [-0.39, 0.29) is 11.9 Å². The smallest absolute Gasteiger partial charge is 0.223 e. The standard InChI is InChI=1S/C26H26N6O/c1-18(33)31-23-9-5-8-21(15-23)24-17-30-26(32-25(24)20-10-12-28-13-11-20)29-16-22(27)14-19-6-3-2-4-7-19/h2-13,15,17,22H,14,16,27H2,1H3,(H,31,33)(H,29,30,32). The Morgan fingerprint density at radius 3 is 2.55 bits per heavy atom. The normalized spacial score (nSPS) is 11.6. The number of pyridine rings is 1. The van der Waals surface area contributed by atoms with Crippen LogP contribution >= 0.6 is 0 Å². The molecule has 0 aliphatic rings. The van der Waals surface area contributed by atoms with Crippen LogP contribution in [0.1, 0.15) is 12.5 Å². The summed E-state index contributed by atoms with van der Waals surface area (Å²) in [5.41, 5.74) is 11.7. The largest absolute Gasteiger partial charge is 0.353 e. The maximum Gasteiger partial charge on any atom is 0.223 e. The Balaban J connectivity index is 1.59. The van der Waals surface area contributed by atoms with Gasteiger partial charge in [-0.25, -0.2) is 9.97 Å². The first-order chi connectivity index (χ1) is 16.1. The van der Waals surface area contributed by atoms with E-state index in [1.807, 2.05) is 54.6 Å². The average molecular weight is 439 g/mol. The topological polar surface area (TPSA) is 106 Å². The van der Waals surface area contributed by atoms with Crippen LogP contribution in [0.25, 0.3) is 22.4 Å². The van der Waals surface area contributed by atoms with Crippen LogP contribution < -0.4 is 16.4 Å². The molecule has 2 heterocycles. The lowest BCUT2D eigenvalue weighted by Crippen LogP contribution is -2.31. The molecule has 0 aliphatic carbocycles. The van der Waals surface area contributed by atoms with Crippen LogP contribution in [-0.4, -0.2) is 33.4 Å². The number of hydrogen-bond donors (Lipinski definition) is 3. The Hall–Kier alpha value is -4.10. The summed E-state index contributed by atoms with van der Waals surface area (Å²) in [6.07, 6.45) is 6.02. The fourth-order valence-electron chi connectivity index (χ4n) is 3.59. The third-order valence-electron chi connectivity index (χ3n) is 5.10. The molecule has 7 nitrogen and oxygen atoms in total. The lowest BCUT2D eigenvalue weighted by atomic mass is 10.0. The summed E-state index contributed by atoms with van der Waals surface area (Å²) in [4.78, 5) is 24.9. The summed E-state index contributed by atoms with van der Waals surface area (Å²) >= 11 is 0. The first-order valence-electron chi connectivity index (χ1n) is 10.8. The van der Waals surface area contributed by atoms with Crippen LogP contribution in [0.4, 0.5) is 11.6 Å². The first-order valence-corrected chi connectivity index (χ1v) is 10.8. The minimum Gasteiger partial charge on any atom is -0.353 e. The van der Waals surface area contributed by atoms with E-state index in [0.29, 0.717) is 12.5 Å². The van der Waals surface area contributed by atoms with Crippen molar-refractivity contribution < 1.29 is 4.79 Å². The molecule has 2 aromatic carbocycles. The molecule has 1 amide bonds. The number of rotatable bonds is 8. The molecule has 7 heteroatoms. The van der Waals surface area contributed by atoms with Gasteiger partial charge in [-0.2, -0.15) is 0 Å². The summed E-state index contributed by atoms with van der Waals surface area (Å²) in [6.45, 7) is 2.03. The minimum atomic E-state index is -0.121. The molecule has 0 saturated heterocycles. The van der Waals surface area contributed by atoms with Crippen molar-refractivity contribution in [1.82, 2.24) is 15.0 Å². The zero-order chi connectivity index (χ0) is 23.0. The molecule has 0 radical (unpaired) electrons. The van der Waals surface area contributed by atoms with Crippen LogP contribution in [0.3, 0.4) is 0 Å². The SMILES string of the molecule is CC(=O)Nc1cccc(-c2cnc(NCC(N)Cc3ccccc3)nc2-c2ccncc2)c1. The third kappa shape index (κ3) is 5.99. The van der Waals surface area contributed by atoms with Crippen LogP contribution in [0.15, 0.2) is 85.3 Å². The van der Waals surface area contributed by atoms with Gasteiger partial charge in [-0.3, -0.25) is 9.78 Å². The summed E-state index contributed by atoms with van der Waals surface area (Å²) in [7, 11) is 0. The Labute approximate surface area is 193 Å². The second-order valence-electron chi connectivity index (χ2n) is 7.78. The molecule has 0 spiro atoms. The van der Waals surface area contributed by atoms with Gasteiger partial charge < -0.3 is 16.4 Å². The number of aromatic nitrogens is 3. The molecule has 1 atom stereocenters. The van der Waals surface area contributed by atoms with Crippen molar-refractivity contribution in [3.63, 3.8) is 0 Å². The van der Waals surface area contributed by atoms with Crippen LogP contribution in [0, 0.1) is 0 Å². The van der Waals surface area contributed by atoms with Gasteiger partial charge in [0.15, 0.2) is 0 Å². The number of nitrogens with one attached hydrogen (secondary N) is 2. The summed E-state index contributed by atoms with van der Waals surface area (Å²) in [5, 5.41) is 6.09. The van der Waals surface area contributed by atoms with E-state index in [0.717, 1.165) is 34.5 Å². The number of hydrogen-bond acceptors (Lipinski definition) is 6. The molecule has 0 aliphatic heterocycles.